The first-order valence-electron chi connectivity index (χ1n) is 5.51. The van der Waals surface area contributed by atoms with Crippen molar-refractivity contribution in [3.63, 3.8) is 0 Å². The van der Waals surface area contributed by atoms with Gasteiger partial charge in [-0.2, -0.15) is 0 Å². The van der Waals surface area contributed by atoms with Crippen molar-refractivity contribution in [1.29, 1.82) is 0 Å². The summed E-state index contributed by atoms with van der Waals surface area (Å²) < 4.78 is 0. The Balaban J connectivity index is 1.80. The summed E-state index contributed by atoms with van der Waals surface area (Å²) in [6, 6.07) is 0.606. The number of fused-ring (bicyclic) bond motifs is 2. The standard InChI is InChI=1S/C11H17NO/c1-12-10-5-8-3-2-7(8)4-9(10)6-11(12)13/h7-10H,2-6H2,1H3. The maximum absolute atomic E-state index is 11.5. The monoisotopic (exact) mass is 179 g/mol. The molecule has 3 aliphatic rings. The third-order valence-electron chi connectivity index (χ3n) is 4.60. The molecule has 2 nitrogen and oxygen atoms in total. The Bertz CT molecular complexity index is 250. The lowest BCUT2D eigenvalue weighted by Crippen LogP contribution is -2.43. The maximum Gasteiger partial charge on any atom is 0.222 e. The third-order valence-corrected chi connectivity index (χ3v) is 4.60. The lowest BCUT2D eigenvalue weighted by atomic mass is 9.61. The Morgan fingerprint density at radius 2 is 1.85 bits per heavy atom. The van der Waals surface area contributed by atoms with Crippen molar-refractivity contribution in [2.45, 2.75) is 38.1 Å². The minimum absolute atomic E-state index is 0.385. The van der Waals surface area contributed by atoms with Crippen LogP contribution in [0.4, 0.5) is 0 Å². The van der Waals surface area contributed by atoms with Crippen LogP contribution in [0.15, 0.2) is 0 Å². The predicted octanol–water partition coefficient (Wildman–Crippen LogP) is 1.65. The van der Waals surface area contributed by atoms with Gasteiger partial charge in [0.2, 0.25) is 5.91 Å². The molecule has 0 spiro atoms. The topological polar surface area (TPSA) is 20.3 Å². The van der Waals surface area contributed by atoms with E-state index in [9.17, 15) is 4.79 Å². The van der Waals surface area contributed by atoms with Crippen LogP contribution in [0.2, 0.25) is 0 Å². The van der Waals surface area contributed by atoms with E-state index in [-0.39, 0.29) is 0 Å². The average molecular weight is 179 g/mol. The molecule has 3 fully saturated rings. The molecule has 4 atom stereocenters. The molecule has 0 bridgehead atoms. The summed E-state index contributed by atoms with van der Waals surface area (Å²) in [6.45, 7) is 0. The SMILES string of the molecule is CN1C(=O)CC2CC3CCC3CC21. The van der Waals surface area contributed by atoms with Crippen molar-refractivity contribution >= 4 is 5.91 Å². The fourth-order valence-corrected chi connectivity index (χ4v) is 3.55. The van der Waals surface area contributed by atoms with Gasteiger partial charge in [0.1, 0.15) is 0 Å². The molecule has 2 saturated carbocycles. The van der Waals surface area contributed by atoms with Gasteiger partial charge in [0.25, 0.3) is 0 Å². The van der Waals surface area contributed by atoms with Crippen LogP contribution in [0.25, 0.3) is 0 Å². The van der Waals surface area contributed by atoms with Crippen LogP contribution in [0.3, 0.4) is 0 Å². The summed E-state index contributed by atoms with van der Waals surface area (Å²) in [5.41, 5.74) is 0. The highest BCUT2D eigenvalue weighted by Crippen LogP contribution is 2.50. The molecule has 1 heterocycles. The van der Waals surface area contributed by atoms with E-state index in [1.807, 2.05) is 11.9 Å². The first kappa shape index (κ1) is 7.84. The van der Waals surface area contributed by atoms with Gasteiger partial charge < -0.3 is 4.90 Å². The van der Waals surface area contributed by atoms with Crippen LogP contribution in [0, 0.1) is 17.8 Å². The lowest BCUT2D eigenvalue weighted by Gasteiger charge is -2.46. The largest absolute Gasteiger partial charge is 0.342 e. The molecule has 1 amide bonds. The molecule has 13 heavy (non-hydrogen) atoms. The summed E-state index contributed by atoms with van der Waals surface area (Å²) in [5.74, 6) is 3.05. The molecule has 1 saturated heterocycles. The number of hydrogen-bond donors (Lipinski definition) is 0. The first-order chi connectivity index (χ1) is 6.25. The Kier molecular flexibility index (Phi) is 1.50. The molecule has 0 aromatic heterocycles. The van der Waals surface area contributed by atoms with E-state index in [0.29, 0.717) is 17.9 Å². The molecule has 3 rings (SSSR count). The van der Waals surface area contributed by atoms with E-state index in [4.69, 9.17) is 0 Å². The summed E-state index contributed by atoms with van der Waals surface area (Å²) >= 11 is 0. The van der Waals surface area contributed by atoms with Crippen LogP contribution in [0.5, 0.6) is 0 Å². The fourth-order valence-electron chi connectivity index (χ4n) is 3.55. The molecule has 72 valence electrons. The van der Waals surface area contributed by atoms with Crippen molar-refractivity contribution in [3.05, 3.63) is 0 Å². The highest BCUT2D eigenvalue weighted by Gasteiger charge is 2.47. The minimum Gasteiger partial charge on any atom is -0.342 e. The highest BCUT2D eigenvalue weighted by molar-refractivity contribution is 5.79. The number of amides is 1. The maximum atomic E-state index is 11.5. The van der Waals surface area contributed by atoms with E-state index < -0.39 is 0 Å². The molecular formula is C11H17NO. The molecule has 2 aliphatic carbocycles. The van der Waals surface area contributed by atoms with Crippen LogP contribution >= 0.6 is 0 Å². The van der Waals surface area contributed by atoms with Crippen molar-refractivity contribution in [2.24, 2.45) is 17.8 Å². The molecule has 4 unspecified atom stereocenters. The Morgan fingerprint density at radius 3 is 2.54 bits per heavy atom. The zero-order chi connectivity index (χ0) is 9.00. The number of carbonyl (C=O) groups excluding carboxylic acids is 1. The van der Waals surface area contributed by atoms with Gasteiger partial charge in [-0.1, -0.05) is 0 Å². The Labute approximate surface area is 79.3 Å². The van der Waals surface area contributed by atoms with Crippen LogP contribution in [-0.2, 0) is 4.79 Å². The fraction of sp³-hybridized carbons (Fsp3) is 0.909. The van der Waals surface area contributed by atoms with Crippen molar-refractivity contribution in [2.75, 3.05) is 7.05 Å². The van der Waals surface area contributed by atoms with Gasteiger partial charge in [-0.15, -0.1) is 0 Å². The number of nitrogens with zero attached hydrogens (tertiary/aromatic N) is 1. The lowest BCUT2D eigenvalue weighted by molar-refractivity contribution is -0.127. The van der Waals surface area contributed by atoms with E-state index in [1.54, 1.807) is 0 Å². The van der Waals surface area contributed by atoms with E-state index >= 15 is 0 Å². The minimum atomic E-state index is 0.385. The second kappa shape index (κ2) is 2.49. The van der Waals surface area contributed by atoms with Gasteiger partial charge >= 0.3 is 0 Å². The second-order valence-corrected chi connectivity index (χ2v) is 5.11. The smallest absolute Gasteiger partial charge is 0.222 e. The Hall–Kier alpha value is -0.530. The summed E-state index contributed by atoms with van der Waals surface area (Å²) in [4.78, 5) is 13.5. The van der Waals surface area contributed by atoms with Crippen LogP contribution in [0.1, 0.15) is 32.1 Å². The molecule has 0 aromatic carbocycles. The van der Waals surface area contributed by atoms with Crippen molar-refractivity contribution in [1.82, 2.24) is 4.90 Å². The van der Waals surface area contributed by atoms with E-state index in [0.717, 1.165) is 18.3 Å². The summed E-state index contributed by atoms with van der Waals surface area (Å²) in [5, 5.41) is 0. The van der Waals surface area contributed by atoms with E-state index in [1.165, 1.54) is 25.7 Å². The highest BCUT2D eigenvalue weighted by atomic mass is 16.2. The van der Waals surface area contributed by atoms with Crippen molar-refractivity contribution in [3.8, 4) is 0 Å². The van der Waals surface area contributed by atoms with Gasteiger partial charge in [0.05, 0.1) is 0 Å². The van der Waals surface area contributed by atoms with Gasteiger partial charge in [-0.25, -0.2) is 0 Å². The average Bonchev–Trinajstić information content (AvgIpc) is 2.34. The van der Waals surface area contributed by atoms with Crippen molar-refractivity contribution < 1.29 is 4.79 Å². The first-order valence-corrected chi connectivity index (χ1v) is 5.51. The molecule has 0 radical (unpaired) electrons. The van der Waals surface area contributed by atoms with Gasteiger partial charge in [-0.3, -0.25) is 4.79 Å². The van der Waals surface area contributed by atoms with Crippen LogP contribution < -0.4 is 0 Å². The molecular weight excluding hydrogens is 162 g/mol. The van der Waals surface area contributed by atoms with Crippen LogP contribution in [-0.4, -0.2) is 23.9 Å². The zero-order valence-electron chi connectivity index (χ0n) is 8.20. The second-order valence-electron chi connectivity index (χ2n) is 5.11. The van der Waals surface area contributed by atoms with Gasteiger partial charge in [0, 0.05) is 19.5 Å². The quantitative estimate of drug-likeness (QED) is 0.553. The zero-order valence-corrected chi connectivity index (χ0v) is 8.20. The number of hydrogen-bond acceptors (Lipinski definition) is 1. The predicted molar refractivity (Wildman–Crippen MR) is 50.1 cm³/mol. The summed E-state index contributed by atoms with van der Waals surface area (Å²) in [7, 11) is 1.99. The summed E-state index contributed by atoms with van der Waals surface area (Å²) in [6.07, 6.45) is 6.34. The number of rotatable bonds is 0. The Morgan fingerprint density at radius 1 is 1.15 bits per heavy atom. The third kappa shape index (κ3) is 0.976. The number of likely N-dealkylation sites (tertiary alicyclic amines) is 1. The molecule has 2 heteroatoms. The molecule has 0 aromatic rings. The number of carbonyl (C=O) groups is 1. The molecule has 0 N–H and O–H groups in total. The van der Waals surface area contributed by atoms with Gasteiger partial charge in [-0.05, 0) is 43.4 Å². The van der Waals surface area contributed by atoms with E-state index in [2.05, 4.69) is 0 Å². The van der Waals surface area contributed by atoms with Gasteiger partial charge in [0.15, 0.2) is 0 Å². The normalized spacial score (nSPS) is 48.4. The molecule has 1 aliphatic heterocycles.